The number of nitrogens with zero attached hydrogens (tertiary/aromatic N) is 1. The van der Waals surface area contributed by atoms with E-state index in [9.17, 15) is 0 Å². The topological polar surface area (TPSA) is 3.24 Å². The molecular weight excluding hydrogens is 458 g/mol. The third kappa shape index (κ3) is 5.00. The van der Waals surface area contributed by atoms with Crippen molar-refractivity contribution in [3.8, 4) is 44.5 Å². The van der Waals surface area contributed by atoms with Crippen molar-refractivity contribution in [3.05, 3.63) is 158 Å². The first-order chi connectivity index (χ1) is 18.7. The lowest BCUT2D eigenvalue weighted by molar-refractivity contribution is 1.21. The van der Waals surface area contributed by atoms with Crippen molar-refractivity contribution >= 4 is 11.4 Å². The molecule has 0 saturated carbocycles. The smallest absolute Gasteiger partial charge is 0.0420 e. The van der Waals surface area contributed by atoms with E-state index >= 15 is 0 Å². The monoisotopic (exact) mass is 487 g/mol. The van der Waals surface area contributed by atoms with Crippen LogP contribution in [0.15, 0.2) is 158 Å². The van der Waals surface area contributed by atoms with Crippen molar-refractivity contribution in [2.24, 2.45) is 0 Å². The molecule has 1 nitrogen and oxygen atoms in total. The summed E-state index contributed by atoms with van der Waals surface area (Å²) >= 11 is 0. The van der Waals surface area contributed by atoms with Crippen LogP contribution < -0.4 is 4.90 Å². The van der Waals surface area contributed by atoms with Crippen LogP contribution in [0.25, 0.3) is 44.5 Å². The molecule has 6 aromatic carbocycles. The first-order valence-corrected chi connectivity index (χ1v) is 13.0. The Bertz CT molecular complexity index is 1560. The molecule has 0 atom stereocenters. The SMILES string of the molecule is CN(c1ccc(-c2ccc(-c3ccccc3)cc2)cc1)c1cc(-c2ccccc2)cc(-c2ccccc2)c1. The van der Waals surface area contributed by atoms with Crippen LogP contribution >= 0.6 is 0 Å². The maximum Gasteiger partial charge on any atom is 0.0420 e. The number of rotatable bonds is 6. The van der Waals surface area contributed by atoms with Gasteiger partial charge in [0.25, 0.3) is 0 Å². The number of hydrogen-bond acceptors (Lipinski definition) is 1. The van der Waals surface area contributed by atoms with E-state index in [1.54, 1.807) is 0 Å². The van der Waals surface area contributed by atoms with Gasteiger partial charge in [0.05, 0.1) is 0 Å². The molecule has 0 unspecified atom stereocenters. The van der Waals surface area contributed by atoms with Crippen molar-refractivity contribution in [1.82, 2.24) is 0 Å². The van der Waals surface area contributed by atoms with Crippen molar-refractivity contribution in [3.63, 3.8) is 0 Å². The standard InChI is InChI=1S/C37H29N/c1-38(36-23-21-33(22-24-36)32-19-17-31(18-20-32)28-11-5-2-6-12-28)37-26-34(29-13-7-3-8-14-29)25-35(27-37)30-15-9-4-10-16-30/h2-27H,1H3. The van der Waals surface area contributed by atoms with Crippen molar-refractivity contribution < 1.29 is 0 Å². The van der Waals surface area contributed by atoms with Crippen molar-refractivity contribution in [2.75, 3.05) is 11.9 Å². The predicted molar refractivity (Wildman–Crippen MR) is 163 cm³/mol. The fraction of sp³-hybridized carbons (Fsp3) is 0.0270. The van der Waals surface area contributed by atoms with Crippen LogP contribution in [0, 0.1) is 0 Å². The lowest BCUT2D eigenvalue weighted by Gasteiger charge is -2.22. The summed E-state index contributed by atoms with van der Waals surface area (Å²) in [5.74, 6) is 0. The molecule has 182 valence electrons. The Balaban J connectivity index is 1.30. The zero-order chi connectivity index (χ0) is 25.7. The van der Waals surface area contributed by atoms with Gasteiger partial charge in [-0.3, -0.25) is 0 Å². The Morgan fingerprint density at radius 3 is 1.00 bits per heavy atom. The Hall–Kier alpha value is -4.88. The van der Waals surface area contributed by atoms with Gasteiger partial charge in [0.2, 0.25) is 0 Å². The van der Waals surface area contributed by atoms with E-state index in [1.807, 2.05) is 0 Å². The summed E-state index contributed by atoms with van der Waals surface area (Å²) in [4.78, 5) is 2.27. The van der Waals surface area contributed by atoms with E-state index in [1.165, 1.54) is 44.5 Å². The van der Waals surface area contributed by atoms with Crippen LogP contribution in [0.1, 0.15) is 0 Å². The molecule has 0 saturated heterocycles. The van der Waals surface area contributed by atoms with Gasteiger partial charge in [-0.1, -0.05) is 127 Å². The third-order valence-electron chi connectivity index (χ3n) is 7.10. The number of benzene rings is 6. The lowest BCUT2D eigenvalue weighted by atomic mass is 9.97. The van der Waals surface area contributed by atoms with E-state index in [2.05, 4.69) is 170 Å². The van der Waals surface area contributed by atoms with Gasteiger partial charge in [0.1, 0.15) is 0 Å². The Morgan fingerprint density at radius 2 is 0.605 bits per heavy atom. The maximum atomic E-state index is 2.28. The summed E-state index contributed by atoms with van der Waals surface area (Å²) in [5, 5.41) is 0. The summed E-state index contributed by atoms with van der Waals surface area (Å²) in [6.45, 7) is 0. The van der Waals surface area contributed by atoms with Gasteiger partial charge in [-0.2, -0.15) is 0 Å². The Morgan fingerprint density at radius 1 is 0.289 bits per heavy atom. The molecule has 0 radical (unpaired) electrons. The molecule has 1 heteroatoms. The first-order valence-electron chi connectivity index (χ1n) is 13.0. The highest BCUT2D eigenvalue weighted by Crippen LogP contribution is 2.35. The summed E-state index contributed by atoms with van der Waals surface area (Å²) in [6, 6.07) is 56.2. The van der Waals surface area contributed by atoms with Crippen LogP contribution in [-0.4, -0.2) is 7.05 Å². The van der Waals surface area contributed by atoms with E-state index in [4.69, 9.17) is 0 Å². The molecule has 0 fully saturated rings. The van der Waals surface area contributed by atoms with E-state index < -0.39 is 0 Å². The molecule has 6 rings (SSSR count). The molecule has 0 amide bonds. The Labute approximate surface area is 225 Å². The van der Waals surface area contributed by atoms with Crippen LogP contribution in [0.2, 0.25) is 0 Å². The van der Waals surface area contributed by atoms with Crippen molar-refractivity contribution in [1.29, 1.82) is 0 Å². The highest BCUT2D eigenvalue weighted by atomic mass is 15.1. The maximum absolute atomic E-state index is 2.28. The fourth-order valence-electron chi connectivity index (χ4n) is 4.91. The molecule has 0 N–H and O–H groups in total. The summed E-state index contributed by atoms with van der Waals surface area (Å²) in [5.41, 5.74) is 12.1. The van der Waals surface area contributed by atoms with Gasteiger partial charge in [-0.05, 0) is 74.8 Å². The zero-order valence-corrected chi connectivity index (χ0v) is 21.5. The molecule has 0 heterocycles. The van der Waals surface area contributed by atoms with E-state index in [0.717, 1.165) is 11.4 Å². The highest BCUT2D eigenvalue weighted by molar-refractivity contribution is 5.81. The van der Waals surface area contributed by atoms with E-state index in [0.29, 0.717) is 0 Å². The van der Waals surface area contributed by atoms with Crippen LogP contribution in [0.4, 0.5) is 11.4 Å². The van der Waals surface area contributed by atoms with Gasteiger partial charge in [-0.25, -0.2) is 0 Å². The van der Waals surface area contributed by atoms with Gasteiger partial charge >= 0.3 is 0 Å². The largest absolute Gasteiger partial charge is 0.345 e. The van der Waals surface area contributed by atoms with Crippen LogP contribution in [-0.2, 0) is 0 Å². The molecule has 0 aliphatic carbocycles. The lowest BCUT2D eigenvalue weighted by Crippen LogP contribution is -2.09. The van der Waals surface area contributed by atoms with Crippen LogP contribution in [0.5, 0.6) is 0 Å². The quantitative estimate of drug-likeness (QED) is 0.226. The van der Waals surface area contributed by atoms with Gasteiger partial charge in [0, 0.05) is 18.4 Å². The number of anilines is 2. The molecule has 0 aliphatic heterocycles. The second kappa shape index (κ2) is 10.6. The molecule has 0 bridgehead atoms. The van der Waals surface area contributed by atoms with Gasteiger partial charge < -0.3 is 4.90 Å². The second-order valence-corrected chi connectivity index (χ2v) is 9.55. The Kier molecular flexibility index (Phi) is 6.57. The number of hydrogen-bond donors (Lipinski definition) is 0. The minimum Gasteiger partial charge on any atom is -0.345 e. The van der Waals surface area contributed by atoms with Gasteiger partial charge in [0.15, 0.2) is 0 Å². The average molecular weight is 488 g/mol. The summed E-state index contributed by atoms with van der Waals surface area (Å²) in [7, 11) is 2.14. The van der Waals surface area contributed by atoms with Crippen LogP contribution in [0.3, 0.4) is 0 Å². The third-order valence-corrected chi connectivity index (χ3v) is 7.10. The molecule has 0 aromatic heterocycles. The zero-order valence-electron chi connectivity index (χ0n) is 21.5. The predicted octanol–water partition coefficient (Wildman–Crippen LogP) is 10.1. The molecule has 0 aliphatic rings. The minimum atomic E-state index is 1.15. The molecule has 6 aromatic rings. The molecular formula is C37H29N. The van der Waals surface area contributed by atoms with E-state index in [-0.39, 0.29) is 0 Å². The molecule has 38 heavy (non-hydrogen) atoms. The minimum absolute atomic E-state index is 1.15. The fourth-order valence-corrected chi connectivity index (χ4v) is 4.91. The highest BCUT2D eigenvalue weighted by Gasteiger charge is 2.11. The summed E-state index contributed by atoms with van der Waals surface area (Å²) in [6.07, 6.45) is 0. The van der Waals surface area contributed by atoms with Crippen molar-refractivity contribution in [2.45, 2.75) is 0 Å². The first kappa shape index (κ1) is 23.5. The average Bonchev–Trinajstić information content (AvgIpc) is 3.02. The summed E-state index contributed by atoms with van der Waals surface area (Å²) < 4.78 is 0. The van der Waals surface area contributed by atoms with Gasteiger partial charge in [-0.15, -0.1) is 0 Å². The second-order valence-electron chi connectivity index (χ2n) is 9.55. The normalized spacial score (nSPS) is 10.8. The molecule has 0 spiro atoms.